The molecular weight excluding hydrogens is 198 g/mol. The third-order valence-electron chi connectivity index (χ3n) is 2.63. The van der Waals surface area contributed by atoms with Crippen LogP contribution in [0.25, 0.3) is 0 Å². The van der Waals surface area contributed by atoms with Gasteiger partial charge >= 0.3 is 5.97 Å². The Labute approximate surface area is 89.5 Å². The second-order valence-corrected chi connectivity index (χ2v) is 4.28. The van der Waals surface area contributed by atoms with E-state index in [1.54, 1.807) is 0 Å². The second-order valence-electron chi connectivity index (χ2n) is 4.28. The highest BCUT2D eigenvalue weighted by Crippen LogP contribution is 2.13. The predicted octanol–water partition coefficient (Wildman–Crippen LogP) is 0.232. The third kappa shape index (κ3) is 4.15. The van der Waals surface area contributed by atoms with Gasteiger partial charge in [0.1, 0.15) is 5.54 Å². The van der Waals surface area contributed by atoms with E-state index in [1.807, 2.05) is 0 Å². The quantitative estimate of drug-likeness (QED) is 0.622. The Kier molecular flexibility index (Phi) is 4.50. The van der Waals surface area contributed by atoms with Gasteiger partial charge in [-0.2, -0.15) is 0 Å². The molecule has 1 fully saturated rings. The van der Waals surface area contributed by atoms with E-state index in [-0.39, 0.29) is 0 Å². The molecule has 5 nitrogen and oxygen atoms in total. The summed E-state index contributed by atoms with van der Waals surface area (Å²) in [6.07, 6.45) is 1.36. The minimum Gasteiger partial charge on any atom is -0.480 e. The molecular formula is C10H19NO4. The number of carbonyl (C=O) groups is 1. The summed E-state index contributed by atoms with van der Waals surface area (Å²) in [5, 5.41) is 8.75. The van der Waals surface area contributed by atoms with Gasteiger partial charge in [-0.15, -0.1) is 0 Å². The van der Waals surface area contributed by atoms with Crippen molar-refractivity contribution in [2.45, 2.75) is 25.3 Å². The molecule has 88 valence electrons. The van der Waals surface area contributed by atoms with Crippen LogP contribution in [0.4, 0.5) is 0 Å². The van der Waals surface area contributed by atoms with E-state index in [2.05, 4.69) is 0 Å². The summed E-state index contributed by atoms with van der Waals surface area (Å²) < 4.78 is 10.6. The molecule has 2 unspecified atom stereocenters. The molecule has 1 rings (SSSR count). The molecule has 1 aliphatic rings. The molecule has 15 heavy (non-hydrogen) atoms. The summed E-state index contributed by atoms with van der Waals surface area (Å²) in [7, 11) is 0. The molecule has 2 atom stereocenters. The van der Waals surface area contributed by atoms with Crippen LogP contribution in [0.3, 0.4) is 0 Å². The zero-order valence-corrected chi connectivity index (χ0v) is 9.07. The van der Waals surface area contributed by atoms with E-state index in [4.69, 9.17) is 20.3 Å². The first-order chi connectivity index (χ1) is 7.02. The van der Waals surface area contributed by atoms with E-state index < -0.39 is 11.5 Å². The molecule has 0 aromatic rings. The molecule has 1 heterocycles. The lowest BCUT2D eigenvalue weighted by Crippen LogP contribution is -2.45. The number of nitrogens with two attached hydrogens (primary N) is 1. The van der Waals surface area contributed by atoms with Gasteiger partial charge in [0.25, 0.3) is 0 Å². The Morgan fingerprint density at radius 1 is 1.73 bits per heavy atom. The van der Waals surface area contributed by atoms with Gasteiger partial charge in [0.2, 0.25) is 0 Å². The SMILES string of the molecule is CC(N)(CCOCC1CCOC1)C(=O)O. The van der Waals surface area contributed by atoms with Gasteiger partial charge in [0, 0.05) is 19.1 Å². The number of hydrogen-bond donors (Lipinski definition) is 2. The van der Waals surface area contributed by atoms with E-state index in [1.165, 1.54) is 6.92 Å². The average molecular weight is 217 g/mol. The molecule has 0 spiro atoms. The van der Waals surface area contributed by atoms with Crippen molar-refractivity contribution >= 4 is 5.97 Å². The normalized spacial score (nSPS) is 25.1. The van der Waals surface area contributed by atoms with Gasteiger partial charge in [0.15, 0.2) is 0 Å². The summed E-state index contributed by atoms with van der Waals surface area (Å²) in [5.74, 6) is -0.533. The maximum Gasteiger partial charge on any atom is 0.323 e. The average Bonchev–Trinajstić information content (AvgIpc) is 2.64. The minimum atomic E-state index is -1.19. The highest BCUT2D eigenvalue weighted by Gasteiger charge is 2.27. The summed E-state index contributed by atoms with van der Waals surface area (Å²) in [6.45, 7) is 4.07. The fourth-order valence-corrected chi connectivity index (χ4v) is 1.36. The van der Waals surface area contributed by atoms with E-state index in [9.17, 15) is 4.79 Å². The van der Waals surface area contributed by atoms with Gasteiger partial charge < -0.3 is 20.3 Å². The number of aliphatic carboxylic acids is 1. The van der Waals surface area contributed by atoms with Crippen LogP contribution in [0, 0.1) is 5.92 Å². The molecule has 0 aliphatic carbocycles. The molecule has 0 amide bonds. The molecule has 0 saturated carbocycles. The van der Waals surface area contributed by atoms with Crippen molar-refractivity contribution in [3.05, 3.63) is 0 Å². The van der Waals surface area contributed by atoms with Crippen molar-refractivity contribution in [1.82, 2.24) is 0 Å². The van der Waals surface area contributed by atoms with Crippen molar-refractivity contribution in [1.29, 1.82) is 0 Å². The van der Waals surface area contributed by atoms with Crippen LogP contribution >= 0.6 is 0 Å². The van der Waals surface area contributed by atoms with Crippen LogP contribution in [0.15, 0.2) is 0 Å². The first kappa shape index (κ1) is 12.4. The Hall–Kier alpha value is -0.650. The first-order valence-corrected chi connectivity index (χ1v) is 5.20. The predicted molar refractivity (Wildman–Crippen MR) is 54.6 cm³/mol. The molecule has 0 radical (unpaired) electrons. The molecule has 3 N–H and O–H groups in total. The molecule has 1 saturated heterocycles. The van der Waals surface area contributed by atoms with Gasteiger partial charge in [-0.3, -0.25) is 4.79 Å². The van der Waals surface area contributed by atoms with Crippen LogP contribution in [-0.4, -0.2) is 43.0 Å². The lowest BCUT2D eigenvalue weighted by molar-refractivity contribution is -0.143. The highest BCUT2D eigenvalue weighted by atomic mass is 16.5. The van der Waals surface area contributed by atoms with Crippen LogP contribution in [0.1, 0.15) is 19.8 Å². The largest absolute Gasteiger partial charge is 0.480 e. The smallest absolute Gasteiger partial charge is 0.323 e. The van der Waals surface area contributed by atoms with Gasteiger partial charge in [-0.05, 0) is 19.8 Å². The number of ether oxygens (including phenoxy) is 2. The van der Waals surface area contributed by atoms with E-state index in [0.717, 1.165) is 19.6 Å². The summed E-state index contributed by atoms with van der Waals surface area (Å²) in [6, 6.07) is 0. The van der Waals surface area contributed by atoms with Gasteiger partial charge in [-0.1, -0.05) is 0 Å². The number of hydrogen-bond acceptors (Lipinski definition) is 4. The Bertz CT molecular complexity index is 211. The van der Waals surface area contributed by atoms with Crippen molar-refractivity contribution in [2.75, 3.05) is 26.4 Å². The van der Waals surface area contributed by atoms with Crippen molar-refractivity contribution in [2.24, 2.45) is 11.7 Å². The Morgan fingerprint density at radius 3 is 3.00 bits per heavy atom. The number of carboxylic acids is 1. The summed E-state index contributed by atoms with van der Waals surface area (Å²) in [4.78, 5) is 10.7. The third-order valence-corrected chi connectivity index (χ3v) is 2.63. The number of carboxylic acid groups (broad SMARTS) is 1. The zero-order chi connectivity index (χ0) is 11.3. The number of rotatable bonds is 6. The standard InChI is InChI=1S/C10H19NO4/c1-10(11,9(12)13)3-5-15-7-8-2-4-14-6-8/h8H,2-7,11H2,1H3,(H,12,13). The zero-order valence-electron chi connectivity index (χ0n) is 9.07. The Morgan fingerprint density at radius 2 is 2.47 bits per heavy atom. The van der Waals surface area contributed by atoms with Crippen LogP contribution in [0.2, 0.25) is 0 Å². The maximum atomic E-state index is 10.7. The monoisotopic (exact) mass is 217 g/mol. The van der Waals surface area contributed by atoms with Crippen LogP contribution < -0.4 is 5.73 Å². The van der Waals surface area contributed by atoms with Crippen LogP contribution in [0.5, 0.6) is 0 Å². The lowest BCUT2D eigenvalue weighted by Gasteiger charge is -2.19. The summed E-state index contributed by atoms with van der Waals surface area (Å²) >= 11 is 0. The van der Waals surface area contributed by atoms with Crippen LogP contribution in [-0.2, 0) is 14.3 Å². The molecule has 0 aromatic carbocycles. The fourth-order valence-electron chi connectivity index (χ4n) is 1.36. The second kappa shape index (κ2) is 5.44. The molecule has 0 bridgehead atoms. The maximum absolute atomic E-state index is 10.7. The first-order valence-electron chi connectivity index (χ1n) is 5.20. The molecule has 5 heteroatoms. The van der Waals surface area contributed by atoms with E-state index in [0.29, 0.717) is 25.6 Å². The Balaban J connectivity index is 2.08. The molecule has 0 aromatic heterocycles. The highest BCUT2D eigenvalue weighted by molar-refractivity contribution is 5.77. The van der Waals surface area contributed by atoms with Crippen molar-refractivity contribution in [3.8, 4) is 0 Å². The molecule has 1 aliphatic heterocycles. The van der Waals surface area contributed by atoms with E-state index >= 15 is 0 Å². The lowest BCUT2D eigenvalue weighted by atomic mass is 10.0. The van der Waals surface area contributed by atoms with Gasteiger partial charge in [0.05, 0.1) is 13.2 Å². The topological polar surface area (TPSA) is 81.8 Å². The van der Waals surface area contributed by atoms with Crippen molar-refractivity contribution in [3.63, 3.8) is 0 Å². The fraction of sp³-hybridized carbons (Fsp3) is 0.900. The summed E-state index contributed by atoms with van der Waals surface area (Å²) in [5.41, 5.74) is 4.36. The van der Waals surface area contributed by atoms with Gasteiger partial charge in [-0.25, -0.2) is 0 Å². The van der Waals surface area contributed by atoms with Crippen molar-refractivity contribution < 1.29 is 19.4 Å². The minimum absolute atomic E-state index is 0.329.